The molecule has 1 aromatic rings. The van der Waals surface area contributed by atoms with E-state index in [9.17, 15) is 4.79 Å². The van der Waals surface area contributed by atoms with E-state index < -0.39 is 0 Å². The minimum Gasteiger partial charge on any atom is -0.468 e. The first-order chi connectivity index (χ1) is 7.69. The summed E-state index contributed by atoms with van der Waals surface area (Å²) < 4.78 is 6.52. The second-order valence-electron chi connectivity index (χ2n) is 3.25. The van der Waals surface area contributed by atoms with Crippen molar-refractivity contribution < 1.29 is 4.74 Å². The summed E-state index contributed by atoms with van der Waals surface area (Å²) in [6.07, 6.45) is 5.10. The quantitative estimate of drug-likeness (QED) is 0.552. The standard InChI is InChI=1S/C11H15N3O2/c1-4-5-12-6-7-14-10(15)8-9(2)13-11(14)16-3/h1,8,12H,5-7H2,2-3H3. The van der Waals surface area contributed by atoms with Gasteiger partial charge >= 0.3 is 0 Å². The number of terminal acetylenes is 1. The fraction of sp³-hybridized carbons (Fsp3) is 0.455. The van der Waals surface area contributed by atoms with Gasteiger partial charge in [-0.1, -0.05) is 5.92 Å². The smallest absolute Gasteiger partial charge is 0.299 e. The highest BCUT2D eigenvalue weighted by atomic mass is 16.5. The van der Waals surface area contributed by atoms with Gasteiger partial charge in [-0.15, -0.1) is 6.42 Å². The lowest BCUT2D eigenvalue weighted by Crippen LogP contribution is -2.28. The van der Waals surface area contributed by atoms with Crippen molar-refractivity contribution in [2.24, 2.45) is 0 Å². The van der Waals surface area contributed by atoms with Gasteiger partial charge < -0.3 is 10.1 Å². The van der Waals surface area contributed by atoms with Gasteiger partial charge in [0.25, 0.3) is 11.6 Å². The van der Waals surface area contributed by atoms with Crippen LogP contribution in [0.5, 0.6) is 6.01 Å². The van der Waals surface area contributed by atoms with E-state index in [-0.39, 0.29) is 5.56 Å². The van der Waals surface area contributed by atoms with Crippen molar-refractivity contribution in [3.63, 3.8) is 0 Å². The Labute approximate surface area is 94.5 Å². The molecule has 0 saturated carbocycles. The van der Waals surface area contributed by atoms with Crippen molar-refractivity contribution in [1.29, 1.82) is 0 Å². The zero-order valence-electron chi connectivity index (χ0n) is 9.49. The van der Waals surface area contributed by atoms with E-state index in [1.54, 1.807) is 6.92 Å². The largest absolute Gasteiger partial charge is 0.468 e. The number of hydrogen-bond acceptors (Lipinski definition) is 4. The van der Waals surface area contributed by atoms with E-state index in [4.69, 9.17) is 11.2 Å². The average molecular weight is 221 g/mol. The molecule has 0 unspecified atom stereocenters. The summed E-state index contributed by atoms with van der Waals surface area (Å²) in [5, 5.41) is 3.00. The predicted octanol–water partition coefficient (Wildman–Crippen LogP) is -0.217. The molecule has 0 aromatic carbocycles. The van der Waals surface area contributed by atoms with Crippen LogP contribution in [0, 0.1) is 19.3 Å². The number of rotatable bonds is 5. The molecule has 0 atom stereocenters. The van der Waals surface area contributed by atoms with Gasteiger partial charge in [-0.2, -0.15) is 0 Å². The third-order valence-corrected chi connectivity index (χ3v) is 2.02. The number of nitrogens with one attached hydrogen (secondary N) is 1. The van der Waals surface area contributed by atoms with Gasteiger partial charge in [0.1, 0.15) is 0 Å². The molecule has 0 aliphatic carbocycles. The molecule has 86 valence electrons. The third-order valence-electron chi connectivity index (χ3n) is 2.02. The van der Waals surface area contributed by atoms with Crippen LogP contribution < -0.4 is 15.6 Å². The molecular formula is C11H15N3O2. The maximum atomic E-state index is 11.7. The van der Waals surface area contributed by atoms with Gasteiger partial charge in [0.05, 0.1) is 13.7 Å². The number of aryl methyl sites for hydroxylation is 1. The van der Waals surface area contributed by atoms with Crippen LogP contribution in [-0.2, 0) is 6.54 Å². The molecule has 0 aliphatic rings. The fourth-order valence-electron chi connectivity index (χ4n) is 1.31. The Bertz CT molecular complexity index is 446. The van der Waals surface area contributed by atoms with Crippen molar-refractivity contribution in [3.05, 3.63) is 22.1 Å². The number of hydrogen-bond donors (Lipinski definition) is 1. The second kappa shape index (κ2) is 5.93. The van der Waals surface area contributed by atoms with Crippen molar-refractivity contribution in [1.82, 2.24) is 14.9 Å². The first kappa shape index (κ1) is 12.3. The SMILES string of the molecule is C#CCNCCn1c(OC)nc(C)cc1=O. The summed E-state index contributed by atoms with van der Waals surface area (Å²) >= 11 is 0. The zero-order valence-corrected chi connectivity index (χ0v) is 9.49. The molecule has 0 spiro atoms. The molecule has 16 heavy (non-hydrogen) atoms. The van der Waals surface area contributed by atoms with Crippen LogP contribution in [0.4, 0.5) is 0 Å². The molecule has 0 aliphatic heterocycles. The highest BCUT2D eigenvalue weighted by molar-refractivity contribution is 5.06. The minimum atomic E-state index is -0.119. The molecule has 0 fully saturated rings. The Morgan fingerprint density at radius 3 is 3.06 bits per heavy atom. The molecule has 5 heteroatoms. The Hall–Kier alpha value is -1.80. The van der Waals surface area contributed by atoms with Crippen LogP contribution in [0.15, 0.2) is 10.9 Å². The van der Waals surface area contributed by atoms with Gasteiger partial charge in [0.2, 0.25) is 0 Å². The van der Waals surface area contributed by atoms with E-state index in [1.807, 2.05) is 0 Å². The van der Waals surface area contributed by atoms with Crippen molar-refractivity contribution in [2.75, 3.05) is 20.2 Å². The average Bonchev–Trinajstić information content (AvgIpc) is 2.26. The Morgan fingerprint density at radius 2 is 2.44 bits per heavy atom. The van der Waals surface area contributed by atoms with Gasteiger partial charge in [-0.25, -0.2) is 4.98 Å². The highest BCUT2D eigenvalue weighted by Gasteiger charge is 2.06. The summed E-state index contributed by atoms with van der Waals surface area (Å²) in [5.74, 6) is 2.46. The van der Waals surface area contributed by atoms with E-state index in [0.717, 1.165) is 0 Å². The maximum absolute atomic E-state index is 11.7. The number of aromatic nitrogens is 2. The number of methoxy groups -OCH3 is 1. The molecule has 1 rings (SSSR count). The predicted molar refractivity (Wildman–Crippen MR) is 61.5 cm³/mol. The van der Waals surface area contributed by atoms with Crippen LogP contribution in [0.1, 0.15) is 5.69 Å². The first-order valence-electron chi connectivity index (χ1n) is 4.95. The lowest BCUT2D eigenvalue weighted by molar-refractivity contribution is 0.343. The van der Waals surface area contributed by atoms with Gasteiger partial charge in [-0.05, 0) is 6.92 Å². The Morgan fingerprint density at radius 1 is 1.69 bits per heavy atom. The van der Waals surface area contributed by atoms with E-state index in [0.29, 0.717) is 31.3 Å². The van der Waals surface area contributed by atoms with Crippen LogP contribution in [-0.4, -0.2) is 29.8 Å². The molecule has 1 heterocycles. The summed E-state index contributed by atoms with van der Waals surface area (Å²) in [4.78, 5) is 15.8. The zero-order chi connectivity index (χ0) is 12.0. The van der Waals surface area contributed by atoms with Crippen LogP contribution in [0.2, 0.25) is 0 Å². The lowest BCUT2D eigenvalue weighted by Gasteiger charge is -2.10. The summed E-state index contributed by atoms with van der Waals surface area (Å²) in [6, 6.07) is 1.80. The van der Waals surface area contributed by atoms with Crippen molar-refractivity contribution in [3.8, 4) is 18.4 Å². The van der Waals surface area contributed by atoms with Gasteiger partial charge in [0.15, 0.2) is 0 Å². The first-order valence-corrected chi connectivity index (χ1v) is 4.95. The molecule has 0 saturated heterocycles. The third kappa shape index (κ3) is 3.11. The van der Waals surface area contributed by atoms with Crippen LogP contribution >= 0.6 is 0 Å². The summed E-state index contributed by atoms with van der Waals surface area (Å²) in [6.45, 7) is 3.32. The second-order valence-corrected chi connectivity index (χ2v) is 3.25. The molecule has 0 amide bonds. The van der Waals surface area contributed by atoms with E-state index in [1.165, 1.54) is 17.7 Å². The molecule has 0 radical (unpaired) electrons. The Kier molecular flexibility index (Phi) is 4.55. The Balaban J connectivity index is 2.79. The number of nitrogens with zero attached hydrogens (tertiary/aromatic N) is 2. The highest BCUT2D eigenvalue weighted by Crippen LogP contribution is 2.03. The van der Waals surface area contributed by atoms with Crippen molar-refractivity contribution in [2.45, 2.75) is 13.5 Å². The monoisotopic (exact) mass is 221 g/mol. The van der Waals surface area contributed by atoms with Crippen LogP contribution in [0.3, 0.4) is 0 Å². The molecule has 0 bridgehead atoms. The molecular weight excluding hydrogens is 206 g/mol. The van der Waals surface area contributed by atoms with Crippen LogP contribution in [0.25, 0.3) is 0 Å². The molecule has 1 aromatic heterocycles. The fourth-order valence-corrected chi connectivity index (χ4v) is 1.31. The molecule has 5 nitrogen and oxygen atoms in total. The van der Waals surface area contributed by atoms with E-state index >= 15 is 0 Å². The van der Waals surface area contributed by atoms with E-state index in [2.05, 4.69) is 16.2 Å². The normalized spacial score (nSPS) is 9.81. The van der Waals surface area contributed by atoms with Gasteiger partial charge in [0, 0.05) is 24.8 Å². The summed E-state index contributed by atoms with van der Waals surface area (Å²) in [7, 11) is 1.49. The lowest BCUT2D eigenvalue weighted by atomic mass is 10.4. The number of ether oxygens (including phenoxy) is 1. The molecule has 1 N–H and O–H groups in total. The van der Waals surface area contributed by atoms with Gasteiger partial charge in [-0.3, -0.25) is 9.36 Å². The minimum absolute atomic E-state index is 0.119. The topological polar surface area (TPSA) is 56.1 Å². The summed E-state index contributed by atoms with van der Waals surface area (Å²) in [5.41, 5.74) is 0.529. The van der Waals surface area contributed by atoms with Crippen molar-refractivity contribution >= 4 is 0 Å². The maximum Gasteiger partial charge on any atom is 0.299 e.